The van der Waals surface area contributed by atoms with Gasteiger partial charge in [-0.05, 0) is 67.6 Å². The summed E-state index contributed by atoms with van der Waals surface area (Å²) in [5.74, 6) is 0.188. The van der Waals surface area contributed by atoms with Crippen molar-refractivity contribution in [2.75, 3.05) is 11.4 Å². The minimum absolute atomic E-state index is 0.524. The first kappa shape index (κ1) is 23.5. The molecule has 1 N–H and O–H groups in total. The smallest absolute Gasteiger partial charge is 0.347 e. The van der Waals surface area contributed by atoms with E-state index in [-0.39, 0.29) is 0 Å². The third-order valence-corrected chi connectivity index (χ3v) is 5.36. The van der Waals surface area contributed by atoms with Crippen LogP contribution in [0, 0.1) is 0 Å². The fraction of sp³-hybridized carbons (Fsp3) is 0.320. The highest BCUT2D eigenvalue weighted by atomic mass is 35.5. The maximum Gasteiger partial charge on any atom is 0.347 e. The average molecular weight is 454 g/mol. The van der Waals surface area contributed by atoms with Gasteiger partial charge >= 0.3 is 5.97 Å². The summed E-state index contributed by atoms with van der Waals surface area (Å²) in [7, 11) is 0. The molecule has 6 nitrogen and oxygen atoms in total. The van der Waals surface area contributed by atoms with Crippen molar-refractivity contribution in [3.8, 4) is 5.75 Å². The number of nitrogens with zero attached hydrogens (tertiary/aromatic N) is 3. The van der Waals surface area contributed by atoms with Gasteiger partial charge in [-0.3, -0.25) is 0 Å². The second-order valence-electron chi connectivity index (χ2n) is 8.11. The van der Waals surface area contributed by atoms with E-state index in [9.17, 15) is 9.90 Å². The van der Waals surface area contributed by atoms with Crippen LogP contribution in [-0.4, -0.2) is 33.2 Å². The molecule has 3 rings (SSSR count). The first-order valence-electron chi connectivity index (χ1n) is 10.6. The molecule has 0 unspecified atom stereocenters. The van der Waals surface area contributed by atoms with Gasteiger partial charge in [-0.2, -0.15) is 0 Å². The average Bonchev–Trinajstić information content (AvgIpc) is 2.77. The SMILES string of the molecule is CCc1cnc(N(CCc2ccc(OC(C)(C)C(=O)O)cc2)Cc2cccc(Cl)c2)nc1. The Bertz CT molecular complexity index is 1040. The zero-order valence-electron chi connectivity index (χ0n) is 18.6. The number of ether oxygens (including phenoxy) is 1. The highest BCUT2D eigenvalue weighted by molar-refractivity contribution is 6.30. The molecule has 0 fully saturated rings. The van der Waals surface area contributed by atoms with Crippen LogP contribution in [0.2, 0.25) is 5.02 Å². The van der Waals surface area contributed by atoms with Crippen LogP contribution in [0.4, 0.5) is 5.95 Å². The van der Waals surface area contributed by atoms with Crippen molar-refractivity contribution in [3.63, 3.8) is 0 Å². The summed E-state index contributed by atoms with van der Waals surface area (Å²) in [6, 6.07) is 15.3. The fourth-order valence-electron chi connectivity index (χ4n) is 3.13. The Morgan fingerprint density at radius 2 is 1.75 bits per heavy atom. The summed E-state index contributed by atoms with van der Waals surface area (Å²) in [5, 5.41) is 9.93. The lowest BCUT2D eigenvalue weighted by atomic mass is 10.1. The van der Waals surface area contributed by atoms with E-state index in [0.717, 1.165) is 29.5 Å². The van der Waals surface area contributed by atoms with Gasteiger partial charge in [-0.25, -0.2) is 14.8 Å². The second kappa shape index (κ2) is 10.5. The van der Waals surface area contributed by atoms with Crippen LogP contribution in [-0.2, 0) is 24.2 Å². The molecule has 168 valence electrons. The highest BCUT2D eigenvalue weighted by Gasteiger charge is 2.29. The van der Waals surface area contributed by atoms with Crippen molar-refractivity contribution >= 4 is 23.5 Å². The molecule has 7 heteroatoms. The minimum atomic E-state index is -1.28. The number of rotatable bonds is 10. The van der Waals surface area contributed by atoms with E-state index in [1.165, 1.54) is 13.8 Å². The normalized spacial score (nSPS) is 11.2. The largest absolute Gasteiger partial charge is 0.478 e. The quantitative estimate of drug-likeness (QED) is 0.455. The number of benzene rings is 2. The molecular formula is C25H28ClN3O3. The number of aromatic nitrogens is 2. The lowest BCUT2D eigenvalue weighted by molar-refractivity contribution is -0.152. The molecule has 0 aliphatic rings. The third-order valence-electron chi connectivity index (χ3n) is 5.13. The Labute approximate surface area is 193 Å². The van der Waals surface area contributed by atoms with E-state index < -0.39 is 11.6 Å². The fourth-order valence-corrected chi connectivity index (χ4v) is 3.34. The minimum Gasteiger partial charge on any atom is -0.478 e. The molecule has 2 aromatic carbocycles. The first-order valence-corrected chi connectivity index (χ1v) is 11.0. The van der Waals surface area contributed by atoms with Crippen molar-refractivity contribution < 1.29 is 14.6 Å². The van der Waals surface area contributed by atoms with E-state index >= 15 is 0 Å². The Balaban J connectivity index is 1.72. The number of aryl methyl sites for hydroxylation is 1. The lowest BCUT2D eigenvalue weighted by Crippen LogP contribution is -2.37. The van der Waals surface area contributed by atoms with Gasteiger partial charge in [-0.1, -0.05) is 42.8 Å². The van der Waals surface area contributed by atoms with Crippen molar-refractivity contribution in [1.82, 2.24) is 9.97 Å². The van der Waals surface area contributed by atoms with Gasteiger partial charge in [0.05, 0.1) is 0 Å². The van der Waals surface area contributed by atoms with E-state index in [4.69, 9.17) is 16.3 Å². The number of aliphatic carboxylic acids is 1. The molecule has 0 radical (unpaired) electrons. The zero-order chi connectivity index (χ0) is 23.1. The molecule has 0 saturated carbocycles. The number of carbonyl (C=O) groups is 1. The van der Waals surface area contributed by atoms with Gasteiger partial charge in [0, 0.05) is 30.5 Å². The van der Waals surface area contributed by atoms with Crippen LogP contribution < -0.4 is 9.64 Å². The van der Waals surface area contributed by atoms with Crippen molar-refractivity contribution in [1.29, 1.82) is 0 Å². The molecule has 1 aromatic heterocycles. The van der Waals surface area contributed by atoms with Gasteiger partial charge in [-0.15, -0.1) is 0 Å². The molecule has 0 saturated heterocycles. The van der Waals surface area contributed by atoms with E-state index in [0.29, 0.717) is 29.8 Å². The van der Waals surface area contributed by atoms with Gasteiger partial charge in [0.25, 0.3) is 0 Å². The summed E-state index contributed by atoms with van der Waals surface area (Å²) in [5.41, 5.74) is 2.00. The molecule has 0 aliphatic heterocycles. The van der Waals surface area contributed by atoms with Crippen molar-refractivity contribution in [2.24, 2.45) is 0 Å². The number of carboxylic acids is 1. The van der Waals surface area contributed by atoms with E-state index in [1.807, 2.05) is 48.8 Å². The molecule has 0 amide bonds. The number of halogens is 1. The molecule has 0 bridgehead atoms. The molecule has 1 heterocycles. The second-order valence-corrected chi connectivity index (χ2v) is 8.54. The van der Waals surface area contributed by atoms with Crippen LogP contribution in [0.5, 0.6) is 5.75 Å². The number of carboxylic acid groups (broad SMARTS) is 1. The van der Waals surface area contributed by atoms with Crippen LogP contribution in [0.1, 0.15) is 37.5 Å². The molecule has 3 aromatic rings. The topological polar surface area (TPSA) is 75.6 Å². The zero-order valence-corrected chi connectivity index (χ0v) is 19.3. The van der Waals surface area contributed by atoms with Crippen LogP contribution >= 0.6 is 11.6 Å². The van der Waals surface area contributed by atoms with Gasteiger partial charge < -0.3 is 14.7 Å². The maximum absolute atomic E-state index is 11.3. The summed E-state index contributed by atoms with van der Waals surface area (Å²) in [6.07, 6.45) is 5.39. The summed E-state index contributed by atoms with van der Waals surface area (Å²) in [4.78, 5) is 22.5. The predicted molar refractivity (Wildman–Crippen MR) is 126 cm³/mol. The van der Waals surface area contributed by atoms with Crippen molar-refractivity contribution in [2.45, 2.75) is 45.8 Å². The Kier molecular flexibility index (Phi) is 7.70. The summed E-state index contributed by atoms with van der Waals surface area (Å²) < 4.78 is 5.58. The third kappa shape index (κ3) is 6.44. The summed E-state index contributed by atoms with van der Waals surface area (Å²) in [6.45, 7) is 6.48. The van der Waals surface area contributed by atoms with E-state index in [2.05, 4.69) is 21.8 Å². The number of hydrogen-bond donors (Lipinski definition) is 1. The maximum atomic E-state index is 11.3. The van der Waals surface area contributed by atoms with E-state index in [1.54, 1.807) is 12.1 Å². The van der Waals surface area contributed by atoms with Crippen LogP contribution in [0.3, 0.4) is 0 Å². The van der Waals surface area contributed by atoms with Crippen LogP contribution in [0.25, 0.3) is 0 Å². The molecular weight excluding hydrogens is 426 g/mol. The molecule has 0 spiro atoms. The Morgan fingerprint density at radius 1 is 1.06 bits per heavy atom. The molecule has 32 heavy (non-hydrogen) atoms. The highest BCUT2D eigenvalue weighted by Crippen LogP contribution is 2.21. The first-order chi connectivity index (χ1) is 15.3. The standard InChI is InChI=1S/C25H28ClN3O3/c1-4-18-15-27-24(28-16-18)29(17-20-6-5-7-21(26)14-20)13-12-19-8-10-22(11-9-19)32-25(2,3)23(30)31/h5-11,14-16H,4,12-13,17H2,1-3H3,(H,30,31). The van der Waals surface area contributed by atoms with Crippen LogP contribution in [0.15, 0.2) is 60.9 Å². The van der Waals surface area contributed by atoms with Gasteiger partial charge in [0.15, 0.2) is 5.60 Å². The summed E-state index contributed by atoms with van der Waals surface area (Å²) >= 11 is 6.17. The lowest BCUT2D eigenvalue weighted by Gasteiger charge is -2.23. The predicted octanol–water partition coefficient (Wildman–Crippen LogP) is 5.18. The van der Waals surface area contributed by atoms with Crippen molar-refractivity contribution in [3.05, 3.63) is 82.6 Å². The van der Waals surface area contributed by atoms with Gasteiger partial charge in [0.1, 0.15) is 5.75 Å². The Morgan fingerprint density at radius 3 is 2.34 bits per heavy atom. The Hall–Kier alpha value is -3.12. The van der Waals surface area contributed by atoms with Gasteiger partial charge in [0.2, 0.25) is 5.95 Å². The number of anilines is 1. The monoisotopic (exact) mass is 453 g/mol. The molecule has 0 aliphatic carbocycles. The molecule has 0 atom stereocenters. The number of hydrogen-bond acceptors (Lipinski definition) is 5.